The Hall–Kier alpha value is -1.06. The van der Waals surface area contributed by atoms with Crippen LogP contribution in [0.2, 0.25) is 0 Å². The second-order valence-electron chi connectivity index (χ2n) is 3.55. The Labute approximate surface area is 91.3 Å². The summed E-state index contributed by atoms with van der Waals surface area (Å²) in [6, 6.07) is -0.667. The van der Waals surface area contributed by atoms with Crippen molar-refractivity contribution in [3.63, 3.8) is 0 Å². The zero-order valence-corrected chi connectivity index (χ0v) is 9.82. The third kappa shape index (κ3) is 4.32. The van der Waals surface area contributed by atoms with Gasteiger partial charge in [0.1, 0.15) is 6.04 Å². The van der Waals surface area contributed by atoms with Gasteiger partial charge in [0, 0.05) is 13.0 Å². The number of amides is 1. The second kappa shape index (κ2) is 7.26. The van der Waals surface area contributed by atoms with Crippen LogP contribution >= 0.6 is 0 Å². The molecule has 4 heteroatoms. The first kappa shape index (κ1) is 13.9. The fraction of sp³-hybridized carbons (Fsp3) is 0.818. The molecule has 0 spiro atoms. The van der Waals surface area contributed by atoms with E-state index in [1.54, 1.807) is 6.92 Å². The van der Waals surface area contributed by atoms with Crippen molar-refractivity contribution in [3.05, 3.63) is 0 Å². The number of aliphatic carboxylic acids is 1. The van der Waals surface area contributed by atoms with Crippen molar-refractivity contribution in [1.82, 2.24) is 4.90 Å². The fourth-order valence-electron chi connectivity index (χ4n) is 1.57. The van der Waals surface area contributed by atoms with Gasteiger partial charge in [0.15, 0.2) is 0 Å². The molecule has 0 saturated heterocycles. The van der Waals surface area contributed by atoms with Crippen LogP contribution in [0.3, 0.4) is 0 Å². The van der Waals surface area contributed by atoms with Crippen molar-refractivity contribution in [1.29, 1.82) is 0 Å². The van der Waals surface area contributed by atoms with E-state index in [1.807, 2.05) is 13.8 Å². The van der Waals surface area contributed by atoms with E-state index in [9.17, 15) is 9.59 Å². The van der Waals surface area contributed by atoms with Crippen LogP contribution in [0.5, 0.6) is 0 Å². The average Bonchev–Trinajstić information content (AvgIpc) is 2.21. The largest absolute Gasteiger partial charge is 0.480 e. The molecule has 1 N–H and O–H groups in total. The molecule has 0 saturated carbocycles. The minimum atomic E-state index is -0.913. The number of hydrogen-bond donors (Lipinski definition) is 1. The predicted octanol–water partition coefficient (Wildman–Crippen LogP) is 1.89. The van der Waals surface area contributed by atoms with Gasteiger partial charge in [0.2, 0.25) is 5.91 Å². The maximum absolute atomic E-state index is 11.7. The van der Waals surface area contributed by atoms with Crippen LogP contribution in [0, 0.1) is 0 Å². The third-order valence-electron chi connectivity index (χ3n) is 2.45. The maximum atomic E-state index is 11.7. The predicted molar refractivity (Wildman–Crippen MR) is 58.6 cm³/mol. The van der Waals surface area contributed by atoms with Crippen LogP contribution in [0.15, 0.2) is 0 Å². The van der Waals surface area contributed by atoms with Crippen molar-refractivity contribution >= 4 is 11.9 Å². The van der Waals surface area contributed by atoms with Gasteiger partial charge in [-0.1, -0.05) is 20.3 Å². The number of nitrogens with zero attached hydrogens (tertiary/aromatic N) is 1. The second-order valence-corrected chi connectivity index (χ2v) is 3.55. The summed E-state index contributed by atoms with van der Waals surface area (Å²) in [5.41, 5.74) is 0. The van der Waals surface area contributed by atoms with Crippen LogP contribution in [0.1, 0.15) is 46.5 Å². The van der Waals surface area contributed by atoms with E-state index in [-0.39, 0.29) is 5.91 Å². The van der Waals surface area contributed by atoms with E-state index < -0.39 is 12.0 Å². The van der Waals surface area contributed by atoms with Crippen LogP contribution in [0.4, 0.5) is 0 Å². The molecule has 0 unspecified atom stereocenters. The van der Waals surface area contributed by atoms with Gasteiger partial charge in [-0.2, -0.15) is 0 Å². The molecule has 0 heterocycles. The Morgan fingerprint density at radius 3 is 2.20 bits per heavy atom. The average molecular weight is 215 g/mol. The van der Waals surface area contributed by atoms with Gasteiger partial charge >= 0.3 is 5.97 Å². The molecule has 0 aromatic heterocycles. The Morgan fingerprint density at radius 2 is 1.87 bits per heavy atom. The molecule has 88 valence electrons. The van der Waals surface area contributed by atoms with Crippen LogP contribution < -0.4 is 0 Å². The summed E-state index contributed by atoms with van der Waals surface area (Å²) in [7, 11) is 0. The SMILES string of the molecule is CCCCC(=O)N(CC)[C@@H](CC)C(=O)O. The molecule has 0 aromatic carbocycles. The van der Waals surface area contributed by atoms with Gasteiger partial charge in [-0.25, -0.2) is 4.79 Å². The summed E-state index contributed by atoms with van der Waals surface area (Å²) in [5.74, 6) is -0.960. The summed E-state index contributed by atoms with van der Waals surface area (Å²) >= 11 is 0. The zero-order valence-electron chi connectivity index (χ0n) is 9.82. The number of carboxylic acids is 1. The highest BCUT2D eigenvalue weighted by atomic mass is 16.4. The van der Waals surface area contributed by atoms with Crippen LogP contribution in [-0.4, -0.2) is 34.5 Å². The lowest BCUT2D eigenvalue weighted by molar-refractivity contribution is -0.150. The lowest BCUT2D eigenvalue weighted by Crippen LogP contribution is -2.44. The standard InChI is InChI=1S/C11H21NO3/c1-4-7-8-10(13)12(6-3)9(5-2)11(14)15/h9H,4-8H2,1-3H3,(H,14,15)/t9-/m0/s1. The number of carbonyl (C=O) groups is 2. The van der Waals surface area contributed by atoms with Crippen molar-refractivity contribution in [2.45, 2.75) is 52.5 Å². The molecule has 0 aromatic rings. The molecule has 1 atom stereocenters. The van der Waals surface area contributed by atoms with Gasteiger partial charge in [0.05, 0.1) is 0 Å². The molecule has 0 aliphatic carbocycles. The molecule has 1 amide bonds. The summed E-state index contributed by atoms with van der Waals surface area (Å²) in [4.78, 5) is 24.1. The number of rotatable bonds is 7. The van der Waals surface area contributed by atoms with E-state index in [1.165, 1.54) is 4.90 Å². The van der Waals surface area contributed by atoms with Crippen molar-refractivity contribution in [3.8, 4) is 0 Å². The number of carboxylic acid groups (broad SMARTS) is 1. The van der Waals surface area contributed by atoms with E-state index in [2.05, 4.69) is 0 Å². The fourth-order valence-corrected chi connectivity index (χ4v) is 1.57. The molecule has 0 aliphatic rings. The number of hydrogen-bond acceptors (Lipinski definition) is 2. The van der Waals surface area contributed by atoms with Gasteiger partial charge in [0.25, 0.3) is 0 Å². The maximum Gasteiger partial charge on any atom is 0.326 e. The first-order valence-corrected chi connectivity index (χ1v) is 5.60. The first-order valence-electron chi connectivity index (χ1n) is 5.60. The lowest BCUT2D eigenvalue weighted by atomic mass is 10.1. The van der Waals surface area contributed by atoms with Gasteiger partial charge in [-0.05, 0) is 19.8 Å². The van der Waals surface area contributed by atoms with Gasteiger partial charge in [-0.3, -0.25) is 4.79 Å². The van der Waals surface area contributed by atoms with Crippen LogP contribution in [-0.2, 0) is 9.59 Å². The highest BCUT2D eigenvalue weighted by Crippen LogP contribution is 2.08. The van der Waals surface area contributed by atoms with Gasteiger partial charge < -0.3 is 10.0 Å². The Balaban J connectivity index is 4.43. The van der Waals surface area contributed by atoms with Crippen LogP contribution in [0.25, 0.3) is 0 Å². The molecule has 0 radical (unpaired) electrons. The van der Waals surface area contributed by atoms with E-state index >= 15 is 0 Å². The molecule has 0 fully saturated rings. The van der Waals surface area contributed by atoms with E-state index in [0.717, 1.165) is 12.8 Å². The van der Waals surface area contributed by atoms with E-state index in [0.29, 0.717) is 19.4 Å². The molecule has 0 rings (SSSR count). The number of carbonyl (C=O) groups excluding carboxylic acids is 1. The third-order valence-corrected chi connectivity index (χ3v) is 2.45. The summed E-state index contributed by atoms with van der Waals surface area (Å²) in [6.07, 6.45) is 2.69. The molecule has 15 heavy (non-hydrogen) atoms. The summed E-state index contributed by atoms with van der Waals surface area (Å²) in [6.45, 7) is 6.08. The van der Waals surface area contributed by atoms with Crippen molar-refractivity contribution in [2.75, 3.05) is 6.54 Å². The summed E-state index contributed by atoms with van der Waals surface area (Å²) in [5, 5.41) is 8.96. The molecule has 0 aliphatic heterocycles. The molecule has 4 nitrogen and oxygen atoms in total. The normalized spacial score (nSPS) is 12.2. The van der Waals surface area contributed by atoms with Gasteiger partial charge in [-0.15, -0.1) is 0 Å². The highest BCUT2D eigenvalue weighted by Gasteiger charge is 2.25. The molecular formula is C11H21NO3. The first-order chi connectivity index (χ1) is 7.08. The smallest absolute Gasteiger partial charge is 0.326 e. The minimum Gasteiger partial charge on any atom is -0.480 e. The summed E-state index contributed by atoms with van der Waals surface area (Å²) < 4.78 is 0. The topological polar surface area (TPSA) is 57.6 Å². The molecule has 0 bridgehead atoms. The quantitative estimate of drug-likeness (QED) is 0.705. The highest BCUT2D eigenvalue weighted by molar-refractivity contribution is 5.83. The number of unbranched alkanes of at least 4 members (excludes halogenated alkanes) is 1. The Bertz CT molecular complexity index is 216. The number of likely N-dealkylation sites (N-methyl/N-ethyl adjacent to an activating group) is 1. The van der Waals surface area contributed by atoms with Crippen molar-refractivity contribution < 1.29 is 14.7 Å². The Morgan fingerprint density at radius 1 is 1.27 bits per heavy atom. The van der Waals surface area contributed by atoms with E-state index in [4.69, 9.17) is 5.11 Å². The van der Waals surface area contributed by atoms with Crippen molar-refractivity contribution in [2.24, 2.45) is 0 Å². The molecular weight excluding hydrogens is 194 g/mol. The minimum absolute atomic E-state index is 0.0476. The lowest BCUT2D eigenvalue weighted by Gasteiger charge is -2.26. The Kier molecular flexibility index (Phi) is 6.75. The monoisotopic (exact) mass is 215 g/mol. The zero-order chi connectivity index (χ0) is 11.8.